The molecule has 0 aliphatic carbocycles. The summed E-state index contributed by atoms with van der Waals surface area (Å²) in [6, 6.07) is 23.4. The molecule has 1 atom stereocenters. The van der Waals surface area contributed by atoms with Gasteiger partial charge < -0.3 is 14.6 Å². The van der Waals surface area contributed by atoms with Crippen LogP contribution in [0.3, 0.4) is 0 Å². The number of benzene rings is 2. The number of hydrogen-bond donors (Lipinski definition) is 1. The molecule has 1 saturated heterocycles. The van der Waals surface area contributed by atoms with Crippen LogP contribution in [0.2, 0.25) is 0 Å². The predicted octanol–water partition coefficient (Wildman–Crippen LogP) is 3.99. The van der Waals surface area contributed by atoms with Crippen molar-refractivity contribution < 1.29 is 9.59 Å². The monoisotopic (exact) mass is 410 g/mol. The molecular formula is C25H22N4O2. The van der Waals surface area contributed by atoms with E-state index in [-0.39, 0.29) is 24.2 Å². The van der Waals surface area contributed by atoms with Gasteiger partial charge in [0.05, 0.1) is 11.6 Å². The van der Waals surface area contributed by atoms with Gasteiger partial charge in [-0.05, 0) is 29.8 Å². The van der Waals surface area contributed by atoms with E-state index in [9.17, 15) is 9.59 Å². The van der Waals surface area contributed by atoms with Gasteiger partial charge in [-0.1, -0.05) is 48.5 Å². The van der Waals surface area contributed by atoms with Gasteiger partial charge in [-0.3, -0.25) is 9.59 Å². The number of aromatic nitrogens is 2. The Morgan fingerprint density at radius 1 is 1.00 bits per heavy atom. The highest BCUT2D eigenvalue weighted by Crippen LogP contribution is 2.24. The summed E-state index contributed by atoms with van der Waals surface area (Å²) in [7, 11) is 0. The van der Waals surface area contributed by atoms with Gasteiger partial charge in [-0.2, -0.15) is 0 Å². The molecule has 6 heteroatoms. The van der Waals surface area contributed by atoms with Crippen LogP contribution >= 0.6 is 0 Å². The molecule has 0 saturated carbocycles. The zero-order valence-corrected chi connectivity index (χ0v) is 16.9. The molecule has 5 rings (SSSR count). The molecule has 0 bridgehead atoms. The molecule has 154 valence electrons. The van der Waals surface area contributed by atoms with Gasteiger partial charge in [0, 0.05) is 43.2 Å². The molecule has 2 aromatic carbocycles. The molecule has 1 aliphatic rings. The van der Waals surface area contributed by atoms with Crippen molar-refractivity contribution in [3.05, 3.63) is 90.8 Å². The first kappa shape index (κ1) is 19.1. The summed E-state index contributed by atoms with van der Waals surface area (Å²) in [6.07, 6.45) is 4.19. The third-order valence-corrected chi connectivity index (χ3v) is 5.61. The Balaban J connectivity index is 1.23. The van der Waals surface area contributed by atoms with Gasteiger partial charge >= 0.3 is 0 Å². The predicted molar refractivity (Wildman–Crippen MR) is 119 cm³/mol. The summed E-state index contributed by atoms with van der Waals surface area (Å²) in [5.41, 5.74) is 4.53. The molecule has 1 unspecified atom stereocenters. The van der Waals surface area contributed by atoms with Gasteiger partial charge in [0.15, 0.2) is 0 Å². The topological polar surface area (TPSA) is 66.7 Å². The van der Waals surface area contributed by atoms with Crippen molar-refractivity contribution in [2.45, 2.75) is 13.0 Å². The van der Waals surface area contributed by atoms with Crippen molar-refractivity contribution in [3.63, 3.8) is 0 Å². The van der Waals surface area contributed by atoms with Crippen LogP contribution in [0.5, 0.6) is 0 Å². The van der Waals surface area contributed by atoms with Crippen molar-refractivity contribution >= 4 is 23.1 Å². The fourth-order valence-electron chi connectivity index (χ4n) is 3.95. The molecular weight excluding hydrogens is 388 g/mol. The van der Waals surface area contributed by atoms with Gasteiger partial charge in [0.2, 0.25) is 11.8 Å². The average Bonchev–Trinajstić information content (AvgIpc) is 3.39. The lowest BCUT2D eigenvalue weighted by Gasteiger charge is -2.16. The van der Waals surface area contributed by atoms with E-state index in [1.807, 2.05) is 89.6 Å². The molecule has 4 aromatic rings. The minimum absolute atomic E-state index is 0.0196. The fourth-order valence-corrected chi connectivity index (χ4v) is 3.95. The van der Waals surface area contributed by atoms with Gasteiger partial charge in [-0.15, -0.1) is 0 Å². The maximum atomic E-state index is 12.7. The molecule has 31 heavy (non-hydrogen) atoms. The van der Waals surface area contributed by atoms with E-state index in [0.29, 0.717) is 18.8 Å². The third-order valence-electron chi connectivity index (χ3n) is 5.61. The van der Waals surface area contributed by atoms with Gasteiger partial charge in [-0.25, -0.2) is 4.98 Å². The minimum Gasteiger partial charge on any atom is -0.338 e. The number of fused-ring (bicyclic) bond motifs is 1. The summed E-state index contributed by atoms with van der Waals surface area (Å²) in [4.78, 5) is 31.5. The lowest BCUT2D eigenvalue weighted by Crippen LogP contribution is -2.28. The quantitative estimate of drug-likeness (QED) is 0.541. The maximum Gasteiger partial charge on any atom is 0.229 e. The number of rotatable bonds is 5. The van der Waals surface area contributed by atoms with Gasteiger partial charge in [0.25, 0.3) is 0 Å². The molecule has 3 heterocycles. The Kier molecular flexibility index (Phi) is 4.96. The summed E-state index contributed by atoms with van der Waals surface area (Å²) in [6.45, 7) is 0.982. The first-order valence-corrected chi connectivity index (χ1v) is 10.3. The highest BCUT2D eigenvalue weighted by Gasteiger charge is 2.34. The van der Waals surface area contributed by atoms with Crippen LogP contribution in [0.25, 0.3) is 16.9 Å². The largest absolute Gasteiger partial charge is 0.338 e. The van der Waals surface area contributed by atoms with Crippen molar-refractivity contribution in [2.75, 3.05) is 11.9 Å². The maximum absolute atomic E-state index is 12.7. The number of anilines is 1. The van der Waals surface area contributed by atoms with E-state index < -0.39 is 0 Å². The molecule has 1 fully saturated rings. The number of carbonyl (C=O) groups is 2. The summed E-state index contributed by atoms with van der Waals surface area (Å²) >= 11 is 0. The Hall–Kier alpha value is -3.93. The lowest BCUT2D eigenvalue weighted by molar-refractivity contribution is -0.128. The van der Waals surface area contributed by atoms with Crippen LogP contribution < -0.4 is 5.32 Å². The van der Waals surface area contributed by atoms with Crippen LogP contribution in [0.15, 0.2) is 85.2 Å². The zero-order valence-electron chi connectivity index (χ0n) is 16.9. The molecule has 2 aromatic heterocycles. The number of pyridine rings is 1. The molecule has 0 radical (unpaired) electrons. The minimum atomic E-state index is -0.339. The number of imidazole rings is 1. The number of likely N-dealkylation sites (tertiary alicyclic amines) is 1. The Morgan fingerprint density at radius 2 is 1.77 bits per heavy atom. The Bertz CT molecular complexity index is 1200. The van der Waals surface area contributed by atoms with E-state index in [0.717, 1.165) is 22.5 Å². The van der Waals surface area contributed by atoms with E-state index in [1.54, 1.807) is 4.90 Å². The fraction of sp³-hybridized carbons (Fsp3) is 0.160. The van der Waals surface area contributed by atoms with E-state index in [2.05, 4.69) is 10.3 Å². The van der Waals surface area contributed by atoms with Crippen molar-refractivity contribution in [2.24, 2.45) is 5.92 Å². The second-order valence-corrected chi connectivity index (χ2v) is 7.82. The number of nitrogens with one attached hydrogen (secondary N) is 1. The first-order valence-electron chi connectivity index (χ1n) is 10.3. The molecule has 1 N–H and O–H groups in total. The second kappa shape index (κ2) is 8.07. The normalized spacial score (nSPS) is 16.1. The summed E-state index contributed by atoms with van der Waals surface area (Å²) < 4.78 is 1.98. The molecule has 1 aliphatic heterocycles. The molecule has 2 amide bonds. The van der Waals surface area contributed by atoms with Crippen molar-refractivity contribution in [3.8, 4) is 11.3 Å². The lowest BCUT2D eigenvalue weighted by atomic mass is 10.1. The third kappa shape index (κ3) is 4.05. The number of hydrogen-bond acceptors (Lipinski definition) is 3. The smallest absolute Gasteiger partial charge is 0.229 e. The Morgan fingerprint density at radius 3 is 2.55 bits per heavy atom. The highest BCUT2D eigenvalue weighted by molar-refractivity contribution is 5.97. The highest BCUT2D eigenvalue weighted by atomic mass is 16.2. The van der Waals surface area contributed by atoms with Gasteiger partial charge in [0.1, 0.15) is 5.65 Å². The average molecular weight is 410 g/mol. The Labute approximate surface area is 180 Å². The van der Waals surface area contributed by atoms with Crippen LogP contribution in [0, 0.1) is 5.92 Å². The molecule has 0 spiro atoms. The SMILES string of the molecule is O=C(Nc1ccc(-c2cn3ccccc3n2)cc1)C1CC(=O)N(Cc2ccccc2)C1. The van der Waals surface area contributed by atoms with Crippen LogP contribution in [-0.2, 0) is 16.1 Å². The standard InChI is InChI=1S/C25H22N4O2/c30-24-14-20(16-29(24)15-18-6-2-1-3-7-18)25(31)26-21-11-9-19(10-12-21)22-17-28-13-5-4-8-23(28)27-22/h1-13,17,20H,14-16H2,(H,26,31). The van der Waals surface area contributed by atoms with Crippen molar-refractivity contribution in [1.29, 1.82) is 0 Å². The number of nitrogens with zero attached hydrogens (tertiary/aromatic N) is 3. The number of amides is 2. The summed E-state index contributed by atoms with van der Waals surface area (Å²) in [5, 5.41) is 2.95. The van der Waals surface area contributed by atoms with Crippen LogP contribution in [0.1, 0.15) is 12.0 Å². The van der Waals surface area contributed by atoms with E-state index in [4.69, 9.17) is 0 Å². The van der Waals surface area contributed by atoms with Crippen molar-refractivity contribution in [1.82, 2.24) is 14.3 Å². The summed E-state index contributed by atoms with van der Waals surface area (Å²) in [5.74, 6) is -0.440. The first-order chi connectivity index (χ1) is 15.2. The van der Waals surface area contributed by atoms with Crippen LogP contribution in [0.4, 0.5) is 5.69 Å². The second-order valence-electron chi connectivity index (χ2n) is 7.82. The number of carbonyl (C=O) groups excluding carboxylic acids is 2. The zero-order chi connectivity index (χ0) is 21.2. The molecule has 6 nitrogen and oxygen atoms in total. The van der Waals surface area contributed by atoms with E-state index in [1.165, 1.54) is 0 Å². The van der Waals surface area contributed by atoms with E-state index >= 15 is 0 Å². The van der Waals surface area contributed by atoms with Crippen LogP contribution in [-0.4, -0.2) is 32.6 Å².